The zero-order chi connectivity index (χ0) is 21.6. The maximum Gasteiger partial charge on any atom is 0.280 e. The molecule has 2 aromatic carbocycles. The summed E-state index contributed by atoms with van der Waals surface area (Å²) in [5, 5.41) is 0.696. The standard InChI is InChI=1S/C24H26N4O3/c25-24(26)28-23(29)20-15-22(27-21-9-2-1-8-19(20)21)16-6-5-7-18(14-16)31-13-4-3-12-30-17-10-11-17/h1-2,5-9,14-15,17H,3-4,10-13H2,(H4,25,26,28,29). The molecule has 160 valence electrons. The zero-order valence-electron chi connectivity index (χ0n) is 17.3. The Kier molecular flexibility index (Phi) is 6.43. The van der Waals surface area contributed by atoms with Gasteiger partial charge in [0, 0.05) is 17.6 Å². The highest BCUT2D eigenvalue weighted by molar-refractivity contribution is 6.10. The van der Waals surface area contributed by atoms with E-state index in [9.17, 15) is 4.79 Å². The number of guanidine groups is 1. The van der Waals surface area contributed by atoms with Crippen molar-refractivity contribution in [3.63, 3.8) is 0 Å². The second-order valence-corrected chi connectivity index (χ2v) is 7.57. The van der Waals surface area contributed by atoms with Crippen LogP contribution in [0.25, 0.3) is 22.2 Å². The van der Waals surface area contributed by atoms with Gasteiger partial charge >= 0.3 is 0 Å². The number of fused-ring (bicyclic) bond motifs is 1. The van der Waals surface area contributed by atoms with Crippen LogP contribution in [0.5, 0.6) is 5.75 Å². The molecule has 0 radical (unpaired) electrons. The highest BCUT2D eigenvalue weighted by Crippen LogP contribution is 2.28. The molecule has 3 aromatic rings. The summed E-state index contributed by atoms with van der Waals surface area (Å²) in [5.74, 6) is -0.0151. The van der Waals surface area contributed by atoms with Crippen molar-refractivity contribution in [2.75, 3.05) is 13.2 Å². The number of hydrogen-bond acceptors (Lipinski definition) is 4. The maximum atomic E-state index is 12.6. The number of aliphatic imine (C=N–C) groups is 1. The van der Waals surface area contributed by atoms with Crippen molar-refractivity contribution in [1.29, 1.82) is 0 Å². The van der Waals surface area contributed by atoms with Gasteiger partial charge in [-0.3, -0.25) is 4.79 Å². The van der Waals surface area contributed by atoms with Gasteiger partial charge in [-0.05, 0) is 49.9 Å². The van der Waals surface area contributed by atoms with Crippen molar-refractivity contribution < 1.29 is 14.3 Å². The number of unbranched alkanes of at least 4 members (excludes halogenated alkanes) is 1. The van der Waals surface area contributed by atoms with E-state index in [1.165, 1.54) is 12.8 Å². The number of amides is 1. The van der Waals surface area contributed by atoms with Gasteiger partial charge in [0.1, 0.15) is 5.75 Å². The molecule has 1 aromatic heterocycles. The fourth-order valence-electron chi connectivity index (χ4n) is 3.30. The minimum absolute atomic E-state index is 0.273. The van der Waals surface area contributed by atoms with E-state index in [4.69, 9.17) is 25.9 Å². The first kappa shape index (κ1) is 20.8. The number of pyridine rings is 1. The molecular formula is C24H26N4O3. The lowest BCUT2D eigenvalue weighted by atomic mass is 10.0. The highest BCUT2D eigenvalue weighted by atomic mass is 16.5. The number of benzene rings is 2. The van der Waals surface area contributed by atoms with Gasteiger partial charge in [0.25, 0.3) is 5.91 Å². The van der Waals surface area contributed by atoms with Gasteiger partial charge in [0.15, 0.2) is 5.96 Å². The topological polar surface area (TPSA) is 113 Å². The lowest BCUT2D eigenvalue weighted by molar-refractivity contribution is 0.100. The summed E-state index contributed by atoms with van der Waals surface area (Å²) < 4.78 is 11.6. The van der Waals surface area contributed by atoms with E-state index in [0.717, 1.165) is 30.8 Å². The molecule has 7 nitrogen and oxygen atoms in total. The predicted molar refractivity (Wildman–Crippen MR) is 121 cm³/mol. The highest BCUT2D eigenvalue weighted by Gasteiger charge is 2.21. The molecule has 1 amide bonds. The molecule has 7 heteroatoms. The largest absolute Gasteiger partial charge is 0.494 e. The van der Waals surface area contributed by atoms with E-state index in [-0.39, 0.29) is 5.96 Å². The molecule has 1 fully saturated rings. The fourth-order valence-corrected chi connectivity index (χ4v) is 3.30. The molecule has 31 heavy (non-hydrogen) atoms. The number of carbonyl (C=O) groups excluding carboxylic acids is 1. The van der Waals surface area contributed by atoms with Crippen LogP contribution in [0.4, 0.5) is 0 Å². The van der Waals surface area contributed by atoms with Gasteiger partial charge in [0.05, 0.1) is 29.5 Å². The van der Waals surface area contributed by atoms with E-state index < -0.39 is 5.91 Å². The third-order valence-electron chi connectivity index (χ3n) is 4.99. The number of rotatable bonds is 9. The predicted octanol–water partition coefficient (Wildman–Crippen LogP) is 3.65. The van der Waals surface area contributed by atoms with E-state index in [1.54, 1.807) is 6.07 Å². The number of nitrogens with zero attached hydrogens (tertiary/aromatic N) is 2. The van der Waals surface area contributed by atoms with E-state index in [2.05, 4.69) is 4.99 Å². The molecule has 0 aliphatic heterocycles. The van der Waals surface area contributed by atoms with Crippen LogP contribution in [-0.4, -0.2) is 36.2 Å². The van der Waals surface area contributed by atoms with Crippen LogP contribution < -0.4 is 16.2 Å². The number of carbonyl (C=O) groups is 1. The van der Waals surface area contributed by atoms with Gasteiger partial charge in [-0.1, -0.05) is 30.3 Å². The first-order chi connectivity index (χ1) is 15.1. The Morgan fingerprint density at radius 3 is 2.65 bits per heavy atom. The number of ether oxygens (including phenoxy) is 2. The average molecular weight is 418 g/mol. The fraction of sp³-hybridized carbons (Fsp3) is 0.292. The number of para-hydroxylation sites is 1. The summed E-state index contributed by atoms with van der Waals surface area (Å²) in [4.78, 5) is 21.0. The molecule has 0 atom stereocenters. The summed E-state index contributed by atoms with van der Waals surface area (Å²) in [7, 11) is 0. The third kappa shape index (κ3) is 5.58. The molecule has 4 rings (SSSR count). The second-order valence-electron chi connectivity index (χ2n) is 7.57. The first-order valence-corrected chi connectivity index (χ1v) is 10.5. The summed E-state index contributed by atoms with van der Waals surface area (Å²) >= 11 is 0. The van der Waals surface area contributed by atoms with Crippen LogP contribution in [0.1, 0.15) is 36.0 Å². The van der Waals surface area contributed by atoms with E-state index >= 15 is 0 Å². The molecular weight excluding hydrogens is 392 g/mol. The Balaban J connectivity index is 1.51. The maximum absolute atomic E-state index is 12.6. The van der Waals surface area contributed by atoms with Crippen molar-refractivity contribution >= 4 is 22.8 Å². The molecule has 0 saturated heterocycles. The second kappa shape index (κ2) is 9.57. The number of hydrogen-bond donors (Lipinski definition) is 2. The minimum Gasteiger partial charge on any atom is -0.494 e. The van der Waals surface area contributed by atoms with E-state index in [1.807, 2.05) is 48.5 Å². The van der Waals surface area contributed by atoms with Crippen LogP contribution in [0, 0.1) is 0 Å². The van der Waals surface area contributed by atoms with Gasteiger partial charge < -0.3 is 20.9 Å². The SMILES string of the molecule is NC(N)=NC(=O)c1cc(-c2cccc(OCCCCOC3CC3)c2)nc2ccccc12. The monoisotopic (exact) mass is 418 g/mol. The Hall–Kier alpha value is -3.45. The summed E-state index contributed by atoms with van der Waals surface area (Å²) in [6.07, 6.45) is 4.81. The molecule has 0 bridgehead atoms. The van der Waals surface area contributed by atoms with Gasteiger partial charge in [0.2, 0.25) is 0 Å². The van der Waals surface area contributed by atoms with Crippen LogP contribution in [0.15, 0.2) is 59.6 Å². The molecule has 1 aliphatic rings. The van der Waals surface area contributed by atoms with Crippen LogP contribution in [0.2, 0.25) is 0 Å². The minimum atomic E-state index is -0.499. The quantitative estimate of drug-likeness (QED) is 0.312. The molecule has 0 unspecified atom stereocenters. The van der Waals surface area contributed by atoms with Crippen molar-refractivity contribution in [2.45, 2.75) is 31.8 Å². The van der Waals surface area contributed by atoms with Crippen LogP contribution >= 0.6 is 0 Å². The summed E-state index contributed by atoms with van der Waals surface area (Å²) in [5.41, 5.74) is 13.4. The molecule has 1 saturated carbocycles. The summed E-state index contributed by atoms with van der Waals surface area (Å²) in [6, 6.07) is 16.8. The Morgan fingerprint density at radius 1 is 1.03 bits per heavy atom. The van der Waals surface area contributed by atoms with Gasteiger partial charge in [-0.2, -0.15) is 4.99 Å². The number of aromatic nitrogens is 1. The first-order valence-electron chi connectivity index (χ1n) is 10.5. The molecule has 1 aliphatic carbocycles. The molecule has 4 N–H and O–H groups in total. The van der Waals surface area contributed by atoms with Crippen molar-refractivity contribution in [3.05, 3.63) is 60.2 Å². The van der Waals surface area contributed by atoms with Crippen LogP contribution in [-0.2, 0) is 4.74 Å². The smallest absolute Gasteiger partial charge is 0.280 e. The normalized spacial score (nSPS) is 13.2. The Bertz CT molecular complexity index is 1100. The van der Waals surface area contributed by atoms with Crippen LogP contribution in [0.3, 0.4) is 0 Å². The molecule has 0 spiro atoms. The zero-order valence-corrected chi connectivity index (χ0v) is 17.3. The van der Waals surface area contributed by atoms with Gasteiger partial charge in [-0.15, -0.1) is 0 Å². The van der Waals surface area contributed by atoms with E-state index in [0.29, 0.717) is 34.9 Å². The lowest BCUT2D eigenvalue weighted by Gasteiger charge is -2.10. The Labute approximate surface area is 181 Å². The van der Waals surface area contributed by atoms with Gasteiger partial charge in [-0.25, -0.2) is 4.98 Å². The van der Waals surface area contributed by atoms with Crippen molar-refractivity contribution in [1.82, 2.24) is 4.98 Å². The van der Waals surface area contributed by atoms with Crippen molar-refractivity contribution in [3.8, 4) is 17.0 Å². The molecule has 1 heterocycles. The third-order valence-corrected chi connectivity index (χ3v) is 4.99. The number of nitrogens with two attached hydrogens (primary N) is 2. The van der Waals surface area contributed by atoms with Crippen molar-refractivity contribution in [2.24, 2.45) is 16.5 Å². The average Bonchev–Trinajstić information content (AvgIpc) is 3.59. The lowest BCUT2D eigenvalue weighted by Crippen LogP contribution is -2.24. The Morgan fingerprint density at radius 2 is 1.84 bits per heavy atom. The summed E-state index contributed by atoms with van der Waals surface area (Å²) in [6.45, 7) is 1.42.